The Morgan fingerprint density at radius 2 is 1.71 bits per heavy atom. The van der Waals surface area contributed by atoms with Gasteiger partial charge in [0.15, 0.2) is 0 Å². The molecule has 2 rings (SSSR count). The minimum Gasteiger partial charge on any atom is -0.348 e. The van der Waals surface area contributed by atoms with Crippen molar-refractivity contribution in [3.8, 4) is 0 Å². The van der Waals surface area contributed by atoms with Crippen molar-refractivity contribution in [3.05, 3.63) is 0 Å². The lowest BCUT2D eigenvalue weighted by Crippen LogP contribution is -2.48. The Labute approximate surface area is 127 Å². The molecule has 0 spiro atoms. The number of piperidine rings is 1. The van der Waals surface area contributed by atoms with Gasteiger partial charge in [0, 0.05) is 46.3 Å². The molecule has 2 aliphatic rings. The molecular formula is C15H28N4O2. The average Bonchev–Trinajstić information content (AvgIpc) is 3.00. The quantitative estimate of drug-likeness (QED) is 0.760. The van der Waals surface area contributed by atoms with E-state index in [2.05, 4.69) is 10.2 Å². The maximum absolute atomic E-state index is 12.0. The maximum Gasteiger partial charge on any atom is 0.236 e. The van der Waals surface area contributed by atoms with Crippen LogP contribution in [0.25, 0.3) is 0 Å². The molecule has 0 aromatic rings. The minimum atomic E-state index is 0.158. The van der Waals surface area contributed by atoms with E-state index in [1.165, 1.54) is 0 Å². The number of nitrogens with one attached hydrogen (secondary N) is 1. The van der Waals surface area contributed by atoms with Crippen molar-refractivity contribution in [2.45, 2.75) is 31.7 Å². The van der Waals surface area contributed by atoms with E-state index < -0.39 is 0 Å². The lowest BCUT2D eigenvalue weighted by molar-refractivity contribution is -0.130. The molecule has 0 aromatic heterocycles. The summed E-state index contributed by atoms with van der Waals surface area (Å²) in [5, 5.41) is 3.38. The number of carbonyl (C=O) groups is 2. The van der Waals surface area contributed by atoms with Crippen LogP contribution in [-0.2, 0) is 9.59 Å². The zero-order valence-corrected chi connectivity index (χ0v) is 13.3. The maximum atomic E-state index is 12.0. The van der Waals surface area contributed by atoms with Gasteiger partial charge in [0.1, 0.15) is 0 Å². The fourth-order valence-corrected chi connectivity index (χ4v) is 2.94. The van der Waals surface area contributed by atoms with Gasteiger partial charge in [0.2, 0.25) is 11.8 Å². The molecule has 21 heavy (non-hydrogen) atoms. The zero-order chi connectivity index (χ0) is 15.2. The van der Waals surface area contributed by atoms with Gasteiger partial charge in [0.25, 0.3) is 0 Å². The monoisotopic (exact) mass is 296 g/mol. The van der Waals surface area contributed by atoms with Gasteiger partial charge >= 0.3 is 0 Å². The molecule has 0 unspecified atom stereocenters. The number of amides is 2. The van der Waals surface area contributed by atoms with Crippen LogP contribution in [0.1, 0.15) is 25.7 Å². The van der Waals surface area contributed by atoms with Crippen molar-refractivity contribution < 1.29 is 9.59 Å². The molecule has 2 fully saturated rings. The second kappa shape index (κ2) is 7.75. The molecular weight excluding hydrogens is 268 g/mol. The second-order valence-corrected chi connectivity index (χ2v) is 6.31. The predicted molar refractivity (Wildman–Crippen MR) is 82.0 cm³/mol. The molecule has 1 N–H and O–H groups in total. The van der Waals surface area contributed by atoms with Gasteiger partial charge in [-0.05, 0) is 25.7 Å². The third-order valence-electron chi connectivity index (χ3n) is 4.45. The summed E-state index contributed by atoms with van der Waals surface area (Å²) in [7, 11) is 3.58. The molecule has 0 saturated carbocycles. The highest BCUT2D eigenvalue weighted by Crippen LogP contribution is 2.11. The highest BCUT2D eigenvalue weighted by atomic mass is 16.2. The van der Waals surface area contributed by atoms with Gasteiger partial charge in [-0.1, -0.05) is 0 Å². The molecule has 2 aliphatic heterocycles. The van der Waals surface area contributed by atoms with Crippen molar-refractivity contribution >= 4 is 11.8 Å². The summed E-state index contributed by atoms with van der Waals surface area (Å²) in [6.07, 6.45) is 4.30. The van der Waals surface area contributed by atoms with Crippen LogP contribution in [0.3, 0.4) is 0 Å². The Balaban J connectivity index is 1.62. The van der Waals surface area contributed by atoms with Crippen molar-refractivity contribution in [1.29, 1.82) is 0 Å². The molecule has 0 bridgehead atoms. The Morgan fingerprint density at radius 1 is 1.10 bits per heavy atom. The van der Waals surface area contributed by atoms with Crippen LogP contribution >= 0.6 is 0 Å². The Hall–Kier alpha value is -1.14. The van der Waals surface area contributed by atoms with Crippen LogP contribution in [0.2, 0.25) is 0 Å². The van der Waals surface area contributed by atoms with Gasteiger partial charge in [-0.15, -0.1) is 0 Å². The van der Waals surface area contributed by atoms with Gasteiger partial charge in [0.05, 0.1) is 13.1 Å². The summed E-state index contributed by atoms with van der Waals surface area (Å²) in [5.74, 6) is 0.392. The fraction of sp³-hybridized carbons (Fsp3) is 0.867. The number of hydrogen-bond acceptors (Lipinski definition) is 4. The van der Waals surface area contributed by atoms with Gasteiger partial charge < -0.3 is 15.1 Å². The standard InChI is InChI=1S/C15H28N4O2/c1-17(2)15(21)12-18-9-5-13(6-10-18)16-11-14(20)19-7-3-4-8-19/h13,16H,3-12H2,1-2H3. The van der Waals surface area contributed by atoms with Gasteiger partial charge in [-0.2, -0.15) is 0 Å². The highest BCUT2D eigenvalue weighted by molar-refractivity contribution is 5.78. The van der Waals surface area contributed by atoms with Crippen molar-refractivity contribution in [3.63, 3.8) is 0 Å². The fourth-order valence-electron chi connectivity index (χ4n) is 2.94. The number of nitrogens with zero attached hydrogens (tertiary/aromatic N) is 3. The van der Waals surface area contributed by atoms with Crippen LogP contribution < -0.4 is 5.32 Å². The molecule has 0 aromatic carbocycles. The molecule has 6 nitrogen and oxygen atoms in total. The highest BCUT2D eigenvalue weighted by Gasteiger charge is 2.23. The number of likely N-dealkylation sites (N-methyl/N-ethyl adjacent to an activating group) is 1. The Morgan fingerprint density at radius 3 is 2.29 bits per heavy atom. The van der Waals surface area contributed by atoms with Crippen LogP contribution in [0.4, 0.5) is 0 Å². The molecule has 0 atom stereocenters. The third-order valence-corrected chi connectivity index (χ3v) is 4.45. The largest absolute Gasteiger partial charge is 0.348 e. The SMILES string of the molecule is CN(C)C(=O)CN1CCC(NCC(=O)N2CCCC2)CC1. The lowest BCUT2D eigenvalue weighted by atomic mass is 10.1. The van der Waals surface area contributed by atoms with E-state index in [0.717, 1.165) is 51.9 Å². The van der Waals surface area contributed by atoms with E-state index >= 15 is 0 Å². The van der Waals surface area contributed by atoms with Crippen molar-refractivity contribution in [2.75, 3.05) is 53.4 Å². The van der Waals surface area contributed by atoms with E-state index in [-0.39, 0.29) is 11.8 Å². The zero-order valence-electron chi connectivity index (χ0n) is 13.3. The second-order valence-electron chi connectivity index (χ2n) is 6.31. The summed E-state index contributed by atoms with van der Waals surface area (Å²) in [6.45, 7) is 4.66. The summed E-state index contributed by atoms with van der Waals surface area (Å²) >= 11 is 0. The molecule has 120 valence electrons. The smallest absolute Gasteiger partial charge is 0.236 e. The van der Waals surface area contributed by atoms with E-state index in [9.17, 15) is 9.59 Å². The van der Waals surface area contributed by atoms with E-state index in [4.69, 9.17) is 0 Å². The first kappa shape index (κ1) is 16.2. The summed E-state index contributed by atoms with van der Waals surface area (Å²) in [4.78, 5) is 29.4. The topological polar surface area (TPSA) is 55.9 Å². The van der Waals surface area contributed by atoms with Crippen LogP contribution in [-0.4, -0.2) is 85.9 Å². The first-order valence-corrected chi connectivity index (χ1v) is 8.00. The molecule has 2 amide bonds. The Bertz CT molecular complexity index is 359. The Kier molecular flexibility index (Phi) is 5.99. The molecule has 2 saturated heterocycles. The van der Waals surface area contributed by atoms with Crippen LogP contribution in [0, 0.1) is 0 Å². The predicted octanol–water partition coefficient (Wildman–Crippen LogP) is -0.249. The van der Waals surface area contributed by atoms with Crippen LogP contribution in [0.5, 0.6) is 0 Å². The van der Waals surface area contributed by atoms with E-state index in [1.54, 1.807) is 19.0 Å². The minimum absolute atomic E-state index is 0.158. The molecule has 2 heterocycles. The molecule has 0 radical (unpaired) electrons. The third kappa shape index (κ3) is 4.97. The number of hydrogen-bond donors (Lipinski definition) is 1. The van der Waals surface area contributed by atoms with Gasteiger partial charge in [-0.25, -0.2) is 0 Å². The lowest BCUT2D eigenvalue weighted by Gasteiger charge is -2.32. The van der Waals surface area contributed by atoms with Crippen LogP contribution in [0.15, 0.2) is 0 Å². The first-order chi connectivity index (χ1) is 10.1. The summed E-state index contributed by atoms with van der Waals surface area (Å²) in [5.41, 5.74) is 0. The molecule has 0 aliphatic carbocycles. The average molecular weight is 296 g/mol. The first-order valence-electron chi connectivity index (χ1n) is 8.00. The number of likely N-dealkylation sites (tertiary alicyclic amines) is 2. The van der Waals surface area contributed by atoms with Gasteiger partial charge in [-0.3, -0.25) is 14.5 Å². The van der Waals surface area contributed by atoms with E-state index in [0.29, 0.717) is 19.1 Å². The number of rotatable bonds is 5. The summed E-state index contributed by atoms with van der Waals surface area (Å²) < 4.78 is 0. The van der Waals surface area contributed by atoms with E-state index in [1.807, 2.05) is 4.90 Å². The van der Waals surface area contributed by atoms with Crippen molar-refractivity contribution in [1.82, 2.24) is 20.0 Å². The summed E-state index contributed by atoms with van der Waals surface area (Å²) in [6, 6.07) is 0.405. The normalized spacial score (nSPS) is 20.8. The van der Waals surface area contributed by atoms with Crippen molar-refractivity contribution in [2.24, 2.45) is 0 Å². The molecule has 6 heteroatoms. The number of carbonyl (C=O) groups excluding carboxylic acids is 2.